The van der Waals surface area contributed by atoms with E-state index >= 15 is 0 Å². The molecule has 1 aliphatic heterocycles. The van der Waals surface area contributed by atoms with E-state index < -0.39 is 23.9 Å². The van der Waals surface area contributed by atoms with Crippen molar-refractivity contribution in [3.05, 3.63) is 0 Å². The van der Waals surface area contributed by atoms with Crippen molar-refractivity contribution < 1.29 is 23.8 Å². The standard InChI is InChI=1S/C13H23NO5/c1-9(17-5)11(15)10-8-14(6-7-18-10)12(16)19-13(2,3)4/h9-10H,6-8H2,1-5H3. The fourth-order valence-electron chi connectivity index (χ4n) is 1.69. The molecule has 110 valence electrons. The van der Waals surface area contributed by atoms with Gasteiger partial charge in [0.15, 0.2) is 5.78 Å². The van der Waals surface area contributed by atoms with Gasteiger partial charge in [0.05, 0.1) is 13.2 Å². The minimum atomic E-state index is -0.642. The van der Waals surface area contributed by atoms with E-state index in [9.17, 15) is 9.59 Å². The number of ketones is 1. The number of carbonyl (C=O) groups is 2. The minimum Gasteiger partial charge on any atom is -0.444 e. The Morgan fingerprint density at radius 2 is 2.00 bits per heavy atom. The van der Waals surface area contributed by atoms with E-state index in [0.29, 0.717) is 13.2 Å². The van der Waals surface area contributed by atoms with Gasteiger partial charge in [0.1, 0.15) is 17.8 Å². The van der Waals surface area contributed by atoms with Gasteiger partial charge in [-0.15, -0.1) is 0 Å². The van der Waals surface area contributed by atoms with Crippen LogP contribution in [-0.2, 0) is 19.0 Å². The van der Waals surface area contributed by atoms with E-state index in [-0.39, 0.29) is 12.3 Å². The summed E-state index contributed by atoms with van der Waals surface area (Å²) in [5.74, 6) is -0.157. The van der Waals surface area contributed by atoms with E-state index in [1.165, 1.54) is 12.0 Å². The molecule has 0 aromatic carbocycles. The van der Waals surface area contributed by atoms with E-state index in [4.69, 9.17) is 14.2 Å². The van der Waals surface area contributed by atoms with Crippen molar-refractivity contribution in [1.29, 1.82) is 0 Å². The number of methoxy groups -OCH3 is 1. The van der Waals surface area contributed by atoms with Crippen LogP contribution in [0, 0.1) is 0 Å². The summed E-state index contributed by atoms with van der Waals surface area (Å²) in [5.41, 5.74) is -0.547. The molecule has 0 aliphatic carbocycles. The van der Waals surface area contributed by atoms with Crippen LogP contribution in [-0.4, -0.2) is 61.4 Å². The normalized spacial score (nSPS) is 21.9. The lowest BCUT2D eigenvalue weighted by molar-refractivity contribution is -0.144. The van der Waals surface area contributed by atoms with E-state index in [0.717, 1.165) is 0 Å². The Balaban J connectivity index is 2.59. The van der Waals surface area contributed by atoms with Gasteiger partial charge in [-0.05, 0) is 27.7 Å². The first-order valence-corrected chi connectivity index (χ1v) is 6.40. The lowest BCUT2D eigenvalue weighted by Gasteiger charge is -2.34. The third-order valence-corrected chi connectivity index (χ3v) is 2.79. The van der Waals surface area contributed by atoms with Crippen LogP contribution < -0.4 is 0 Å². The zero-order valence-corrected chi connectivity index (χ0v) is 12.3. The average molecular weight is 273 g/mol. The zero-order chi connectivity index (χ0) is 14.6. The monoisotopic (exact) mass is 273 g/mol. The second-order valence-electron chi connectivity index (χ2n) is 5.57. The number of hydrogen-bond donors (Lipinski definition) is 0. The molecule has 0 spiro atoms. The molecular formula is C13H23NO5. The molecule has 1 heterocycles. The highest BCUT2D eigenvalue weighted by molar-refractivity contribution is 5.87. The minimum absolute atomic E-state index is 0.157. The van der Waals surface area contributed by atoms with E-state index in [1.807, 2.05) is 0 Å². The van der Waals surface area contributed by atoms with Gasteiger partial charge in [-0.25, -0.2) is 4.79 Å². The number of carbonyl (C=O) groups excluding carboxylic acids is 2. The van der Waals surface area contributed by atoms with Crippen molar-refractivity contribution >= 4 is 11.9 Å². The Hall–Kier alpha value is -1.14. The molecule has 0 bridgehead atoms. The van der Waals surface area contributed by atoms with Gasteiger partial charge in [-0.2, -0.15) is 0 Å². The van der Waals surface area contributed by atoms with Crippen molar-refractivity contribution in [2.45, 2.75) is 45.5 Å². The molecule has 1 aliphatic rings. The van der Waals surface area contributed by atoms with Crippen molar-refractivity contribution in [2.75, 3.05) is 26.8 Å². The maximum absolute atomic E-state index is 12.0. The lowest BCUT2D eigenvalue weighted by atomic mass is 10.1. The molecule has 1 saturated heterocycles. The van der Waals surface area contributed by atoms with Gasteiger partial charge in [0.25, 0.3) is 0 Å². The second-order valence-corrected chi connectivity index (χ2v) is 5.57. The number of ether oxygens (including phenoxy) is 3. The maximum atomic E-state index is 12.0. The summed E-state index contributed by atoms with van der Waals surface area (Å²) < 4.78 is 15.7. The van der Waals surface area contributed by atoms with Crippen molar-refractivity contribution in [1.82, 2.24) is 4.90 Å². The first kappa shape index (κ1) is 15.9. The molecule has 0 aromatic rings. The summed E-state index contributed by atoms with van der Waals surface area (Å²) in [6, 6.07) is 0. The van der Waals surface area contributed by atoms with Crippen LogP contribution in [0.2, 0.25) is 0 Å². The predicted molar refractivity (Wildman–Crippen MR) is 69.0 cm³/mol. The third kappa shape index (κ3) is 4.80. The maximum Gasteiger partial charge on any atom is 0.410 e. The van der Waals surface area contributed by atoms with Crippen LogP contribution in [0.5, 0.6) is 0 Å². The van der Waals surface area contributed by atoms with Gasteiger partial charge in [-0.1, -0.05) is 0 Å². The molecule has 1 fully saturated rings. The zero-order valence-electron chi connectivity index (χ0n) is 12.3. The highest BCUT2D eigenvalue weighted by atomic mass is 16.6. The van der Waals surface area contributed by atoms with E-state index in [2.05, 4.69) is 0 Å². The molecule has 0 aromatic heterocycles. The van der Waals surface area contributed by atoms with Gasteiger partial charge < -0.3 is 19.1 Å². The van der Waals surface area contributed by atoms with Crippen molar-refractivity contribution in [2.24, 2.45) is 0 Å². The average Bonchev–Trinajstić information content (AvgIpc) is 2.35. The second kappa shape index (κ2) is 6.34. The molecule has 6 nitrogen and oxygen atoms in total. The van der Waals surface area contributed by atoms with Crippen molar-refractivity contribution in [3.63, 3.8) is 0 Å². The Kier molecular flexibility index (Phi) is 5.31. The quantitative estimate of drug-likeness (QED) is 0.773. The Labute approximate surface area is 114 Å². The molecule has 0 saturated carbocycles. The molecular weight excluding hydrogens is 250 g/mol. The molecule has 1 amide bonds. The smallest absolute Gasteiger partial charge is 0.410 e. The SMILES string of the molecule is COC(C)C(=O)C1CN(C(=O)OC(C)(C)C)CCO1. The number of hydrogen-bond acceptors (Lipinski definition) is 5. The first-order valence-electron chi connectivity index (χ1n) is 6.40. The largest absolute Gasteiger partial charge is 0.444 e. The van der Waals surface area contributed by atoms with Gasteiger partial charge in [0.2, 0.25) is 0 Å². The molecule has 0 N–H and O–H groups in total. The fraction of sp³-hybridized carbons (Fsp3) is 0.846. The molecule has 19 heavy (non-hydrogen) atoms. The molecule has 2 atom stereocenters. The Bertz CT molecular complexity index is 336. The third-order valence-electron chi connectivity index (χ3n) is 2.79. The number of Topliss-reactive ketones (excluding diaryl/α,β-unsaturated/α-hetero) is 1. The first-order chi connectivity index (χ1) is 8.74. The van der Waals surface area contributed by atoms with Gasteiger partial charge in [0, 0.05) is 13.7 Å². The van der Waals surface area contributed by atoms with Gasteiger partial charge >= 0.3 is 6.09 Å². The molecule has 1 rings (SSSR count). The fourth-order valence-corrected chi connectivity index (χ4v) is 1.69. The molecule has 6 heteroatoms. The van der Waals surface area contributed by atoms with Crippen LogP contribution in [0.4, 0.5) is 4.79 Å². The summed E-state index contributed by atoms with van der Waals surface area (Å²) >= 11 is 0. The number of nitrogens with zero attached hydrogens (tertiary/aromatic N) is 1. The number of rotatable bonds is 3. The summed E-state index contributed by atoms with van der Waals surface area (Å²) in [4.78, 5) is 25.4. The Morgan fingerprint density at radius 1 is 1.37 bits per heavy atom. The highest BCUT2D eigenvalue weighted by Crippen LogP contribution is 2.14. The summed E-state index contributed by atoms with van der Waals surface area (Å²) in [7, 11) is 1.47. The lowest BCUT2D eigenvalue weighted by Crippen LogP contribution is -2.51. The van der Waals surface area contributed by atoms with Crippen molar-refractivity contribution in [3.8, 4) is 0 Å². The summed E-state index contributed by atoms with van der Waals surface area (Å²) in [6.45, 7) is 8.05. The van der Waals surface area contributed by atoms with Crippen LogP contribution in [0.1, 0.15) is 27.7 Å². The topological polar surface area (TPSA) is 65.1 Å². The summed E-state index contributed by atoms with van der Waals surface area (Å²) in [5, 5.41) is 0. The molecule has 2 unspecified atom stereocenters. The van der Waals surface area contributed by atoms with Crippen LogP contribution in [0.3, 0.4) is 0 Å². The number of morpholine rings is 1. The van der Waals surface area contributed by atoms with Crippen LogP contribution in [0.25, 0.3) is 0 Å². The Morgan fingerprint density at radius 3 is 2.53 bits per heavy atom. The van der Waals surface area contributed by atoms with Crippen LogP contribution >= 0.6 is 0 Å². The number of amides is 1. The molecule has 0 radical (unpaired) electrons. The summed E-state index contributed by atoms with van der Waals surface area (Å²) in [6.07, 6.45) is -1.60. The van der Waals surface area contributed by atoms with E-state index in [1.54, 1.807) is 27.7 Å². The predicted octanol–water partition coefficient (Wildman–Crippen LogP) is 1.23. The van der Waals surface area contributed by atoms with Crippen LogP contribution in [0.15, 0.2) is 0 Å². The van der Waals surface area contributed by atoms with Gasteiger partial charge in [-0.3, -0.25) is 4.79 Å². The highest BCUT2D eigenvalue weighted by Gasteiger charge is 2.33.